The van der Waals surface area contributed by atoms with E-state index in [9.17, 15) is 0 Å². The molecule has 0 spiro atoms. The maximum absolute atomic E-state index is 6.77. The van der Waals surface area contributed by atoms with Gasteiger partial charge in [-0.2, -0.15) is 0 Å². The summed E-state index contributed by atoms with van der Waals surface area (Å²) in [6.07, 6.45) is 0. The van der Waals surface area contributed by atoms with Gasteiger partial charge >= 0.3 is 0 Å². The normalized spacial score (nSPS) is 11.8. The molecular weight excluding hydrogens is 585 g/mol. The average molecular weight is 613 g/mol. The number of para-hydroxylation sites is 1. The Balaban J connectivity index is 1.22. The van der Waals surface area contributed by atoms with Gasteiger partial charge in [-0.25, -0.2) is 0 Å². The van der Waals surface area contributed by atoms with Gasteiger partial charge in [0.2, 0.25) is 0 Å². The second-order valence-corrected chi connectivity index (χ2v) is 12.4. The fourth-order valence-corrected chi connectivity index (χ4v) is 7.51. The molecule has 0 aliphatic rings. The van der Waals surface area contributed by atoms with Crippen LogP contribution in [0.5, 0.6) is 0 Å². The van der Waals surface area contributed by atoms with Crippen molar-refractivity contribution in [2.24, 2.45) is 0 Å². The maximum atomic E-state index is 6.77. The predicted molar refractivity (Wildman–Crippen MR) is 200 cm³/mol. The Bertz CT molecular complexity index is 2750. The van der Waals surface area contributed by atoms with E-state index in [1.807, 2.05) is 18.2 Å². The molecule has 2 aromatic heterocycles. The van der Waals surface area contributed by atoms with Crippen molar-refractivity contribution < 1.29 is 8.83 Å². The Morgan fingerprint density at radius 3 is 1.54 bits per heavy atom. The molecule has 224 valence electrons. The van der Waals surface area contributed by atoms with Crippen molar-refractivity contribution in [3.63, 3.8) is 0 Å². The largest absolute Gasteiger partial charge is 0.455 e. The molecule has 0 amide bonds. The van der Waals surface area contributed by atoms with Crippen molar-refractivity contribution in [1.29, 1.82) is 0 Å². The number of fused-ring (bicyclic) bond motifs is 7. The molecule has 0 aliphatic heterocycles. The molecule has 10 rings (SSSR count). The SMILES string of the molecule is c1ccc(-c2ccc(-c3c4ccccc4c(-c4cccc5c4oc4ccc6cc(-c7ccccc7)oc6c45)c4ccccc34)cc2)cc1. The van der Waals surface area contributed by atoms with E-state index in [0.29, 0.717) is 0 Å². The van der Waals surface area contributed by atoms with Crippen molar-refractivity contribution in [1.82, 2.24) is 0 Å². The fraction of sp³-hybridized carbons (Fsp3) is 0. The van der Waals surface area contributed by atoms with Crippen molar-refractivity contribution in [2.45, 2.75) is 0 Å². The predicted octanol–water partition coefficient (Wildman–Crippen LogP) is 13.3. The lowest BCUT2D eigenvalue weighted by molar-refractivity contribution is 0.633. The van der Waals surface area contributed by atoms with Gasteiger partial charge in [0.05, 0.1) is 5.39 Å². The van der Waals surface area contributed by atoms with E-state index in [0.717, 1.165) is 49.8 Å². The summed E-state index contributed by atoms with van der Waals surface area (Å²) in [7, 11) is 0. The lowest BCUT2D eigenvalue weighted by Crippen LogP contribution is -1.91. The summed E-state index contributed by atoms with van der Waals surface area (Å²) >= 11 is 0. The van der Waals surface area contributed by atoms with Crippen molar-refractivity contribution in [3.8, 4) is 44.7 Å². The van der Waals surface area contributed by atoms with Gasteiger partial charge in [-0.05, 0) is 62.0 Å². The first kappa shape index (κ1) is 26.8. The first-order valence-corrected chi connectivity index (χ1v) is 16.3. The number of hydrogen-bond donors (Lipinski definition) is 0. The third-order valence-corrected chi connectivity index (χ3v) is 9.68. The van der Waals surface area contributed by atoms with E-state index in [2.05, 4.69) is 152 Å². The van der Waals surface area contributed by atoms with E-state index < -0.39 is 0 Å². The van der Waals surface area contributed by atoms with Gasteiger partial charge in [0, 0.05) is 27.5 Å². The quantitative estimate of drug-likeness (QED) is 0.185. The van der Waals surface area contributed by atoms with E-state index in [1.54, 1.807) is 0 Å². The average Bonchev–Trinajstić information content (AvgIpc) is 3.77. The van der Waals surface area contributed by atoms with Crippen molar-refractivity contribution in [2.75, 3.05) is 0 Å². The summed E-state index contributed by atoms with van der Waals surface area (Å²) in [6.45, 7) is 0. The molecule has 2 heteroatoms. The molecule has 2 nitrogen and oxygen atoms in total. The van der Waals surface area contributed by atoms with E-state index in [1.165, 1.54) is 49.4 Å². The van der Waals surface area contributed by atoms with E-state index in [-0.39, 0.29) is 0 Å². The van der Waals surface area contributed by atoms with Gasteiger partial charge in [-0.1, -0.05) is 152 Å². The van der Waals surface area contributed by atoms with Crippen LogP contribution in [0.2, 0.25) is 0 Å². The molecule has 2 heterocycles. The molecular formula is C46H28O2. The fourth-order valence-electron chi connectivity index (χ4n) is 7.51. The molecule has 0 unspecified atom stereocenters. The van der Waals surface area contributed by atoms with Gasteiger partial charge in [0.1, 0.15) is 22.5 Å². The number of hydrogen-bond acceptors (Lipinski definition) is 2. The topological polar surface area (TPSA) is 26.3 Å². The van der Waals surface area contributed by atoms with Crippen LogP contribution in [0.3, 0.4) is 0 Å². The van der Waals surface area contributed by atoms with Crippen LogP contribution < -0.4 is 0 Å². The summed E-state index contributed by atoms with van der Waals surface area (Å²) in [5.41, 5.74) is 10.7. The standard InChI is InChI=1S/C46H28O2/c1-3-12-29(13-4-1)30-22-24-32(25-23-30)42-34-16-7-9-18-36(34)43(37-19-10-8-17-35(37)42)38-20-11-21-39-44-40(47-46(38)39)27-26-33-28-41(48-45(33)44)31-14-5-2-6-15-31/h1-28H. The molecule has 0 atom stereocenters. The van der Waals surface area contributed by atoms with Crippen LogP contribution in [0.4, 0.5) is 0 Å². The van der Waals surface area contributed by atoms with Gasteiger partial charge < -0.3 is 8.83 Å². The van der Waals surface area contributed by atoms with Gasteiger partial charge in [-0.3, -0.25) is 0 Å². The highest BCUT2D eigenvalue weighted by atomic mass is 16.3. The van der Waals surface area contributed by atoms with Crippen LogP contribution in [-0.4, -0.2) is 0 Å². The molecule has 0 fully saturated rings. The summed E-state index contributed by atoms with van der Waals surface area (Å²) in [6, 6.07) is 60.1. The van der Waals surface area contributed by atoms with Crippen LogP contribution in [0.15, 0.2) is 179 Å². The molecule has 0 aliphatic carbocycles. The zero-order valence-electron chi connectivity index (χ0n) is 26.0. The number of furan rings is 2. The molecule has 0 bridgehead atoms. The number of benzene rings is 8. The molecule has 10 aromatic rings. The zero-order valence-corrected chi connectivity index (χ0v) is 26.0. The second-order valence-electron chi connectivity index (χ2n) is 12.4. The zero-order chi connectivity index (χ0) is 31.6. The Kier molecular flexibility index (Phi) is 5.91. The summed E-state index contributed by atoms with van der Waals surface area (Å²) < 4.78 is 13.3. The third kappa shape index (κ3) is 4.06. The first-order chi connectivity index (χ1) is 23.8. The lowest BCUT2D eigenvalue weighted by atomic mass is 9.85. The summed E-state index contributed by atoms with van der Waals surface area (Å²) in [4.78, 5) is 0. The van der Waals surface area contributed by atoms with E-state index in [4.69, 9.17) is 8.83 Å². The van der Waals surface area contributed by atoms with Crippen LogP contribution in [0.25, 0.3) is 99.2 Å². The molecule has 0 radical (unpaired) electrons. The number of rotatable bonds is 4. The highest BCUT2D eigenvalue weighted by Crippen LogP contribution is 2.47. The van der Waals surface area contributed by atoms with Crippen LogP contribution in [-0.2, 0) is 0 Å². The van der Waals surface area contributed by atoms with Crippen LogP contribution in [0, 0.1) is 0 Å². The van der Waals surface area contributed by atoms with Gasteiger partial charge in [0.15, 0.2) is 0 Å². The van der Waals surface area contributed by atoms with Gasteiger partial charge in [0.25, 0.3) is 0 Å². The molecule has 48 heavy (non-hydrogen) atoms. The molecule has 8 aromatic carbocycles. The molecule has 0 saturated carbocycles. The van der Waals surface area contributed by atoms with Gasteiger partial charge in [-0.15, -0.1) is 0 Å². The summed E-state index contributed by atoms with van der Waals surface area (Å²) in [5.74, 6) is 0.855. The van der Waals surface area contributed by atoms with E-state index >= 15 is 0 Å². The molecule has 0 saturated heterocycles. The Morgan fingerprint density at radius 1 is 0.333 bits per heavy atom. The minimum atomic E-state index is 0.822. The Hall–Kier alpha value is -6.38. The van der Waals surface area contributed by atoms with Crippen molar-refractivity contribution >= 4 is 54.5 Å². The van der Waals surface area contributed by atoms with Crippen LogP contribution >= 0.6 is 0 Å². The smallest absolute Gasteiger partial charge is 0.146 e. The minimum Gasteiger partial charge on any atom is -0.455 e. The highest BCUT2D eigenvalue weighted by Gasteiger charge is 2.22. The first-order valence-electron chi connectivity index (χ1n) is 16.3. The van der Waals surface area contributed by atoms with Crippen LogP contribution in [0.1, 0.15) is 0 Å². The Labute approximate surface area is 277 Å². The third-order valence-electron chi connectivity index (χ3n) is 9.68. The Morgan fingerprint density at radius 2 is 0.875 bits per heavy atom. The lowest BCUT2D eigenvalue weighted by Gasteiger charge is -2.18. The second kappa shape index (κ2) is 10.6. The molecule has 0 N–H and O–H groups in total. The van der Waals surface area contributed by atoms with Crippen molar-refractivity contribution in [3.05, 3.63) is 170 Å². The highest BCUT2D eigenvalue weighted by molar-refractivity contribution is 6.25. The minimum absolute atomic E-state index is 0.822. The monoisotopic (exact) mass is 612 g/mol. The summed E-state index contributed by atoms with van der Waals surface area (Å²) in [5, 5.41) is 7.95. The maximum Gasteiger partial charge on any atom is 0.146 e.